The molecule has 4 N–H and O–H groups in total. The van der Waals surface area contributed by atoms with Crippen LogP contribution in [-0.2, 0) is 47.8 Å². The summed E-state index contributed by atoms with van der Waals surface area (Å²) in [6, 6.07) is 33.0. The number of carbonyl (C=O) groups is 4. The van der Waals surface area contributed by atoms with Crippen LogP contribution < -0.4 is 30.7 Å². The van der Waals surface area contributed by atoms with Gasteiger partial charge in [0.1, 0.15) is 35.3 Å². The van der Waals surface area contributed by atoms with Crippen molar-refractivity contribution in [1.29, 1.82) is 0 Å². The van der Waals surface area contributed by atoms with Crippen molar-refractivity contribution in [2.45, 2.75) is 133 Å². The zero-order valence-electron chi connectivity index (χ0n) is 47.2. The van der Waals surface area contributed by atoms with Gasteiger partial charge >= 0.3 is 12.1 Å². The van der Waals surface area contributed by atoms with Crippen LogP contribution in [0.15, 0.2) is 97.1 Å². The minimum absolute atomic E-state index is 0.0130. The van der Waals surface area contributed by atoms with Gasteiger partial charge in [-0.3, -0.25) is 19.4 Å². The van der Waals surface area contributed by atoms with Gasteiger partial charge in [0.25, 0.3) is 0 Å². The van der Waals surface area contributed by atoms with Crippen molar-refractivity contribution in [3.05, 3.63) is 125 Å². The second kappa shape index (κ2) is 33.8. The number of hydrogen-bond donors (Lipinski definition) is 4. The monoisotopic (exact) mass is 1100 g/mol. The third-order valence-electron chi connectivity index (χ3n) is 15.7. The van der Waals surface area contributed by atoms with Crippen molar-refractivity contribution in [2.24, 2.45) is 0 Å². The number of carbonyl (C=O) groups excluding carboxylic acids is 4. The molecule has 434 valence electrons. The molecule has 2 aliphatic heterocycles. The average molecular weight is 1100 g/mol. The number of urea groups is 2. The molecule has 4 aliphatic rings. The molecule has 4 amide bonds. The number of rotatable bonds is 35. The molecule has 4 aromatic rings. The summed E-state index contributed by atoms with van der Waals surface area (Å²) in [5.74, 6) is 2.03. The Morgan fingerprint density at radius 3 is 1.45 bits per heavy atom. The van der Waals surface area contributed by atoms with Crippen molar-refractivity contribution >= 4 is 29.3 Å². The summed E-state index contributed by atoms with van der Waals surface area (Å²) in [5.41, 5.74) is 6.98. The Balaban J connectivity index is 0.542. The van der Waals surface area contributed by atoms with Gasteiger partial charge in [0, 0.05) is 64.2 Å². The van der Waals surface area contributed by atoms with Gasteiger partial charge in [-0.2, -0.15) is 0 Å². The van der Waals surface area contributed by atoms with Crippen LogP contribution in [0.3, 0.4) is 0 Å². The lowest BCUT2D eigenvalue weighted by molar-refractivity contribution is -0.120. The maximum Gasteiger partial charge on any atom is 0.319 e. The Hall–Kier alpha value is -5.88. The number of fused-ring (bicyclic) bond motifs is 2. The highest BCUT2D eigenvalue weighted by atomic mass is 16.5. The fourth-order valence-corrected chi connectivity index (χ4v) is 11.5. The quantitative estimate of drug-likeness (QED) is 0.0321. The van der Waals surface area contributed by atoms with Gasteiger partial charge in [-0.25, -0.2) is 9.59 Å². The first-order valence-electron chi connectivity index (χ1n) is 29.9. The third kappa shape index (κ3) is 20.0. The van der Waals surface area contributed by atoms with E-state index in [9.17, 15) is 19.2 Å². The maximum absolute atomic E-state index is 12.7. The Morgan fingerprint density at radius 2 is 0.900 bits per heavy atom. The van der Waals surface area contributed by atoms with E-state index in [2.05, 4.69) is 79.6 Å². The first-order valence-corrected chi connectivity index (χ1v) is 29.9. The van der Waals surface area contributed by atoms with Crippen LogP contribution in [0.4, 0.5) is 15.3 Å². The molecule has 4 aromatic carbocycles. The van der Waals surface area contributed by atoms with Crippen molar-refractivity contribution in [3.63, 3.8) is 0 Å². The van der Waals surface area contributed by atoms with Crippen molar-refractivity contribution in [2.75, 3.05) is 104 Å². The highest BCUT2D eigenvalue weighted by molar-refractivity contribution is 5.89. The van der Waals surface area contributed by atoms with Gasteiger partial charge in [0.2, 0.25) is 0 Å². The molecule has 16 heteroatoms. The lowest BCUT2D eigenvalue weighted by Crippen LogP contribution is -2.43. The minimum atomic E-state index is -0.304. The number of anilines is 1. The molecule has 0 aromatic heterocycles. The molecule has 0 radical (unpaired) electrons. The summed E-state index contributed by atoms with van der Waals surface area (Å²) in [6.07, 6.45) is 15.2. The molecule has 2 fully saturated rings. The molecule has 0 bridgehead atoms. The molecule has 2 heterocycles. The molecule has 80 heavy (non-hydrogen) atoms. The Bertz CT molecular complexity index is 2310. The molecule has 2 aliphatic carbocycles. The number of unbranched alkanes of at least 4 members (excludes halogenated alkanes) is 2. The number of hydrogen-bond acceptors (Lipinski definition) is 12. The smallest absolute Gasteiger partial charge is 0.319 e. The molecular formula is C64H88N6O10. The topological polar surface area (TPSA) is 178 Å². The first kappa shape index (κ1) is 60.2. The van der Waals surface area contributed by atoms with Crippen LogP contribution in [0.1, 0.15) is 130 Å². The van der Waals surface area contributed by atoms with Crippen LogP contribution in [-0.4, -0.2) is 144 Å². The van der Waals surface area contributed by atoms with E-state index in [1.807, 2.05) is 48.5 Å². The van der Waals surface area contributed by atoms with Crippen LogP contribution in [0.5, 0.6) is 11.5 Å². The van der Waals surface area contributed by atoms with E-state index in [0.717, 1.165) is 75.3 Å². The normalized spacial score (nSPS) is 18.9. The van der Waals surface area contributed by atoms with E-state index < -0.39 is 0 Å². The highest BCUT2D eigenvalue weighted by Gasteiger charge is 2.39. The van der Waals surface area contributed by atoms with E-state index >= 15 is 0 Å². The Labute approximate surface area is 474 Å². The molecule has 0 saturated carbocycles. The Kier molecular flexibility index (Phi) is 25.4. The highest BCUT2D eigenvalue weighted by Crippen LogP contribution is 2.40. The van der Waals surface area contributed by atoms with Gasteiger partial charge in [-0.05, 0) is 155 Å². The summed E-state index contributed by atoms with van der Waals surface area (Å²) < 4.78 is 35.7. The number of ether oxygens (including phenoxy) is 6. The van der Waals surface area contributed by atoms with Gasteiger partial charge in [-0.1, -0.05) is 79.9 Å². The van der Waals surface area contributed by atoms with Gasteiger partial charge < -0.3 is 49.7 Å². The predicted octanol–water partition coefficient (Wildman–Crippen LogP) is 9.74. The van der Waals surface area contributed by atoms with Crippen LogP contribution in [0, 0.1) is 0 Å². The zero-order valence-corrected chi connectivity index (χ0v) is 47.2. The van der Waals surface area contributed by atoms with Crippen LogP contribution >= 0.6 is 0 Å². The van der Waals surface area contributed by atoms with Crippen molar-refractivity contribution < 1.29 is 47.6 Å². The number of nitrogens with zero attached hydrogens (tertiary/aromatic N) is 2. The predicted molar refractivity (Wildman–Crippen MR) is 311 cm³/mol. The first-order chi connectivity index (χ1) is 39.4. The summed E-state index contributed by atoms with van der Waals surface area (Å²) in [5, 5.41) is 11.3. The third-order valence-corrected chi connectivity index (χ3v) is 15.7. The van der Waals surface area contributed by atoms with Crippen molar-refractivity contribution in [3.8, 4) is 11.5 Å². The molecule has 16 nitrogen and oxygen atoms in total. The van der Waals surface area contributed by atoms with Crippen molar-refractivity contribution in [1.82, 2.24) is 25.8 Å². The van der Waals surface area contributed by atoms with E-state index in [-0.39, 0.29) is 35.8 Å². The van der Waals surface area contributed by atoms with Gasteiger partial charge in [0.15, 0.2) is 0 Å². The number of likely N-dealkylation sites (tertiary alicyclic amines) is 2. The zero-order chi connectivity index (χ0) is 55.4. The molecule has 8 rings (SSSR count). The summed E-state index contributed by atoms with van der Waals surface area (Å²) in [6.45, 7) is 9.13. The fraction of sp³-hybridized carbons (Fsp3) is 0.562. The average Bonchev–Trinajstić information content (AvgIpc) is 4.13. The van der Waals surface area contributed by atoms with E-state index in [1.165, 1.54) is 60.8 Å². The van der Waals surface area contributed by atoms with Crippen LogP contribution in [0.2, 0.25) is 0 Å². The summed E-state index contributed by atoms with van der Waals surface area (Å²) in [4.78, 5) is 54.9. The minimum Gasteiger partial charge on any atom is -0.484 e. The maximum atomic E-state index is 12.7. The lowest BCUT2D eigenvalue weighted by Gasteiger charge is -2.35. The Morgan fingerprint density at radius 1 is 0.438 bits per heavy atom. The molecule has 2 saturated heterocycles. The van der Waals surface area contributed by atoms with E-state index in [4.69, 9.17) is 28.4 Å². The second-order valence-corrected chi connectivity index (χ2v) is 21.7. The molecule has 0 unspecified atom stereocenters. The van der Waals surface area contributed by atoms with Crippen LogP contribution in [0.25, 0.3) is 0 Å². The lowest BCUT2D eigenvalue weighted by atomic mass is 10.0. The largest absolute Gasteiger partial charge is 0.484 e. The number of piperidine rings is 2. The number of nitrogens with one attached hydrogen (secondary N) is 4. The molecule has 4 atom stereocenters. The number of amides is 4. The number of Topliss-reactive ketones (excluding diaryl/α,β-unsaturated/α-hetero) is 2. The van der Waals surface area contributed by atoms with E-state index in [1.54, 1.807) is 0 Å². The molecular weight excluding hydrogens is 1010 g/mol. The molecule has 0 spiro atoms. The SMILES string of the molecule is O=C(CCCCCNC(=O)NCCOCCOCCCC(=O)Cc1ccc(O[C@H]2c3ccccc3C[C@@H]2N2CCCCC2)cc1)CCCOCCOCCNC(=O)Nc1ccc(O[C@H]2c3ccccc3C[C@@H]2N2CCCCC2)cc1. The second-order valence-electron chi connectivity index (χ2n) is 21.7. The standard InChI is InChI=1S/C64H88N6O10/c71-53(19-14-38-75-42-45-78-41-33-67-64(74)68-52-25-29-56(30-26-52)80-62-58-22-8-6-17-51(58)48-60(62)70-36-12-3-13-37-70)18-4-1-9-31-65-63(73)66-32-40-77-44-43-76-39-15-20-54(72)46-49-23-27-55(28-24-49)79-61-57-21-7-5-16-50(57)47-59(61)69-34-10-2-11-35-69/h5-8,16-17,21-30,59-62H,1-4,9-15,18-20,31-48H2,(H2,65,66,73)(H2,67,68,74)/t59-,60-,61-,62-/m0/s1. The number of ketones is 2. The summed E-state index contributed by atoms with van der Waals surface area (Å²) in [7, 11) is 0. The number of benzene rings is 4. The van der Waals surface area contributed by atoms with E-state index in [0.29, 0.717) is 129 Å². The summed E-state index contributed by atoms with van der Waals surface area (Å²) >= 11 is 0. The van der Waals surface area contributed by atoms with Gasteiger partial charge in [-0.15, -0.1) is 0 Å². The van der Waals surface area contributed by atoms with Gasteiger partial charge in [0.05, 0.1) is 51.7 Å². The fourth-order valence-electron chi connectivity index (χ4n) is 11.5.